The number of hydrogen-bond donors (Lipinski definition) is 1. The number of para-hydroxylation sites is 1. The fourth-order valence-corrected chi connectivity index (χ4v) is 4.17. The van der Waals surface area contributed by atoms with Crippen LogP contribution in [0.1, 0.15) is 23.7 Å². The molecule has 0 saturated carbocycles. The maximum Gasteiger partial charge on any atom is 0.224 e. The number of benzene rings is 2. The van der Waals surface area contributed by atoms with Crippen LogP contribution in [0.25, 0.3) is 0 Å². The first-order valence-electron chi connectivity index (χ1n) is 11.0. The van der Waals surface area contributed by atoms with Gasteiger partial charge in [-0.3, -0.25) is 14.7 Å². The van der Waals surface area contributed by atoms with Gasteiger partial charge in [0.25, 0.3) is 0 Å². The number of carbonyl (C=O) groups excluding carboxylic acids is 1. The van der Waals surface area contributed by atoms with Crippen molar-refractivity contribution in [1.29, 1.82) is 0 Å². The molecule has 2 heterocycles. The number of pyridine rings is 1. The molecule has 0 spiro atoms. The molecular formula is C26H28FN3O2. The first kappa shape index (κ1) is 22.0. The molecule has 166 valence electrons. The van der Waals surface area contributed by atoms with Crippen molar-refractivity contribution in [3.05, 3.63) is 96.1 Å². The van der Waals surface area contributed by atoms with Gasteiger partial charge in [0.15, 0.2) is 0 Å². The number of ether oxygens (including phenoxy) is 1. The summed E-state index contributed by atoms with van der Waals surface area (Å²) >= 11 is 0. The number of carbonyl (C=O) groups is 1. The lowest BCUT2D eigenvalue weighted by atomic mass is 9.99. The van der Waals surface area contributed by atoms with Crippen LogP contribution in [-0.2, 0) is 11.2 Å². The van der Waals surface area contributed by atoms with E-state index in [-0.39, 0.29) is 23.7 Å². The summed E-state index contributed by atoms with van der Waals surface area (Å²) in [6.07, 6.45) is 3.17. The van der Waals surface area contributed by atoms with Gasteiger partial charge in [-0.2, -0.15) is 0 Å². The van der Waals surface area contributed by atoms with Crippen LogP contribution in [0.15, 0.2) is 79.0 Å². The van der Waals surface area contributed by atoms with Gasteiger partial charge in [-0.25, -0.2) is 4.39 Å². The van der Waals surface area contributed by atoms with E-state index < -0.39 is 0 Å². The highest BCUT2D eigenvalue weighted by atomic mass is 19.1. The zero-order chi connectivity index (χ0) is 22.2. The molecule has 1 aromatic heterocycles. The van der Waals surface area contributed by atoms with Gasteiger partial charge in [0.05, 0.1) is 5.92 Å². The van der Waals surface area contributed by atoms with Crippen LogP contribution >= 0.6 is 0 Å². The van der Waals surface area contributed by atoms with Crippen molar-refractivity contribution < 1.29 is 13.9 Å². The van der Waals surface area contributed by atoms with E-state index in [9.17, 15) is 9.18 Å². The van der Waals surface area contributed by atoms with Gasteiger partial charge in [0.1, 0.15) is 18.2 Å². The number of likely N-dealkylation sites (tertiary alicyclic amines) is 1. The Morgan fingerprint density at radius 1 is 1.06 bits per heavy atom. The number of halogens is 1. The fourth-order valence-electron chi connectivity index (χ4n) is 4.17. The van der Waals surface area contributed by atoms with E-state index in [1.165, 1.54) is 12.1 Å². The lowest BCUT2D eigenvalue weighted by Gasteiger charge is -2.24. The van der Waals surface area contributed by atoms with Gasteiger partial charge in [-0.05, 0) is 48.4 Å². The SMILES string of the molecule is O=C(NCCc1ccccn1)[C@@H]1C[C@@H](c2ccc(F)cc2)N(CCOc2ccccc2)C1. The van der Waals surface area contributed by atoms with Gasteiger partial charge in [-0.1, -0.05) is 36.4 Å². The van der Waals surface area contributed by atoms with Crippen LogP contribution in [0.5, 0.6) is 5.75 Å². The smallest absolute Gasteiger partial charge is 0.224 e. The maximum absolute atomic E-state index is 13.4. The minimum Gasteiger partial charge on any atom is -0.492 e. The zero-order valence-electron chi connectivity index (χ0n) is 18.0. The molecule has 1 aliphatic rings. The molecular weight excluding hydrogens is 405 g/mol. The van der Waals surface area contributed by atoms with E-state index in [0.29, 0.717) is 39.1 Å². The van der Waals surface area contributed by atoms with E-state index in [4.69, 9.17) is 4.74 Å². The van der Waals surface area contributed by atoms with Crippen LogP contribution in [0.4, 0.5) is 4.39 Å². The van der Waals surface area contributed by atoms with Gasteiger partial charge in [0, 0.05) is 44.0 Å². The highest BCUT2D eigenvalue weighted by Gasteiger charge is 2.36. The third-order valence-corrected chi connectivity index (χ3v) is 5.83. The molecule has 1 saturated heterocycles. The molecule has 6 heteroatoms. The molecule has 1 N–H and O–H groups in total. The van der Waals surface area contributed by atoms with Crippen molar-refractivity contribution in [1.82, 2.24) is 15.2 Å². The van der Waals surface area contributed by atoms with Crippen molar-refractivity contribution >= 4 is 5.91 Å². The number of nitrogens with one attached hydrogen (secondary N) is 1. The fraction of sp³-hybridized carbons (Fsp3) is 0.308. The summed E-state index contributed by atoms with van der Waals surface area (Å²) in [5, 5.41) is 3.06. The first-order valence-corrected chi connectivity index (χ1v) is 11.0. The summed E-state index contributed by atoms with van der Waals surface area (Å²) in [5.74, 6) is 0.508. The highest BCUT2D eigenvalue weighted by Crippen LogP contribution is 2.35. The Hall–Kier alpha value is -3.25. The van der Waals surface area contributed by atoms with Crippen molar-refractivity contribution in [3.63, 3.8) is 0 Å². The number of amides is 1. The molecule has 0 unspecified atom stereocenters. The van der Waals surface area contributed by atoms with Crippen LogP contribution in [0, 0.1) is 11.7 Å². The van der Waals surface area contributed by atoms with E-state index in [1.54, 1.807) is 6.20 Å². The van der Waals surface area contributed by atoms with E-state index >= 15 is 0 Å². The summed E-state index contributed by atoms with van der Waals surface area (Å²) in [5.41, 5.74) is 1.98. The number of rotatable bonds is 9. The third kappa shape index (κ3) is 5.92. The minimum atomic E-state index is -0.255. The molecule has 2 atom stereocenters. The lowest BCUT2D eigenvalue weighted by Crippen LogP contribution is -2.35. The molecule has 1 aliphatic heterocycles. The summed E-state index contributed by atoms with van der Waals surface area (Å²) in [4.78, 5) is 19.4. The molecule has 4 rings (SSSR count). The van der Waals surface area contributed by atoms with E-state index in [0.717, 1.165) is 17.0 Å². The molecule has 0 radical (unpaired) electrons. The first-order chi connectivity index (χ1) is 15.7. The second kappa shape index (κ2) is 10.9. The largest absolute Gasteiger partial charge is 0.492 e. The van der Waals surface area contributed by atoms with Crippen molar-refractivity contribution in [2.24, 2.45) is 5.92 Å². The lowest BCUT2D eigenvalue weighted by molar-refractivity contribution is -0.124. The maximum atomic E-state index is 13.4. The quantitative estimate of drug-likeness (QED) is 0.554. The van der Waals surface area contributed by atoms with Gasteiger partial charge >= 0.3 is 0 Å². The predicted molar refractivity (Wildman–Crippen MR) is 122 cm³/mol. The normalized spacial score (nSPS) is 18.4. The zero-order valence-corrected chi connectivity index (χ0v) is 18.0. The Morgan fingerprint density at radius 3 is 2.59 bits per heavy atom. The Morgan fingerprint density at radius 2 is 1.84 bits per heavy atom. The Bertz CT molecular complexity index is 983. The molecule has 32 heavy (non-hydrogen) atoms. The second-order valence-electron chi connectivity index (χ2n) is 8.02. The van der Waals surface area contributed by atoms with E-state index in [2.05, 4.69) is 15.2 Å². The van der Waals surface area contributed by atoms with Crippen LogP contribution in [0.2, 0.25) is 0 Å². The van der Waals surface area contributed by atoms with Gasteiger partial charge in [0.2, 0.25) is 5.91 Å². The molecule has 0 aliphatic carbocycles. The minimum absolute atomic E-state index is 0.0551. The molecule has 0 bridgehead atoms. The number of aromatic nitrogens is 1. The Balaban J connectivity index is 1.35. The molecule has 3 aromatic rings. The summed E-state index contributed by atoms with van der Waals surface area (Å²) in [7, 11) is 0. The standard InChI is InChI=1S/C26H28FN3O2/c27-22-11-9-20(10-12-22)25-18-21(26(31)29-15-13-23-6-4-5-14-28-23)19-30(25)16-17-32-24-7-2-1-3-8-24/h1-12,14,21,25H,13,15-19H2,(H,29,31)/t21-,25+/m1/s1. The predicted octanol–water partition coefficient (Wildman–Crippen LogP) is 4.02. The van der Waals surface area contributed by atoms with E-state index in [1.807, 2.05) is 60.7 Å². The average Bonchev–Trinajstić information content (AvgIpc) is 3.25. The molecule has 1 amide bonds. The molecule has 5 nitrogen and oxygen atoms in total. The Kier molecular flexibility index (Phi) is 7.46. The van der Waals surface area contributed by atoms with Crippen molar-refractivity contribution in [3.8, 4) is 5.75 Å². The van der Waals surface area contributed by atoms with Crippen LogP contribution in [0.3, 0.4) is 0 Å². The second-order valence-corrected chi connectivity index (χ2v) is 8.02. The highest BCUT2D eigenvalue weighted by molar-refractivity contribution is 5.79. The third-order valence-electron chi connectivity index (χ3n) is 5.83. The topological polar surface area (TPSA) is 54.5 Å². The summed E-state index contributed by atoms with van der Waals surface area (Å²) in [6.45, 7) is 2.42. The number of nitrogens with zero attached hydrogens (tertiary/aromatic N) is 2. The summed E-state index contributed by atoms with van der Waals surface area (Å²) in [6, 6.07) is 22.1. The Labute approximate surface area is 188 Å². The summed E-state index contributed by atoms with van der Waals surface area (Å²) < 4.78 is 19.3. The van der Waals surface area contributed by atoms with Crippen LogP contribution in [-0.4, -0.2) is 42.0 Å². The average molecular weight is 434 g/mol. The van der Waals surface area contributed by atoms with Crippen LogP contribution < -0.4 is 10.1 Å². The number of hydrogen-bond acceptors (Lipinski definition) is 4. The van der Waals surface area contributed by atoms with Crippen molar-refractivity contribution in [2.45, 2.75) is 18.9 Å². The van der Waals surface area contributed by atoms with Gasteiger partial charge in [-0.15, -0.1) is 0 Å². The monoisotopic (exact) mass is 433 g/mol. The molecule has 1 fully saturated rings. The van der Waals surface area contributed by atoms with Gasteiger partial charge < -0.3 is 10.1 Å². The molecule has 2 aromatic carbocycles. The van der Waals surface area contributed by atoms with Crippen molar-refractivity contribution in [2.75, 3.05) is 26.2 Å².